The molecule has 1 aromatic rings. The normalized spacial score (nSPS) is 19.3. The van der Waals surface area contributed by atoms with E-state index in [4.69, 9.17) is 10.5 Å². The van der Waals surface area contributed by atoms with Gasteiger partial charge in [-0.3, -0.25) is 0 Å². The summed E-state index contributed by atoms with van der Waals surface area (Å²) in [5, 5.41) is 0. The van der Waals surface area contributed by atoms with E-state index in [9.17, 15) is 31.1 Å². The number of likely N-dealkylation sites (tertiary alicyclic amines) is 1. The second-order valence-electron chi connectivity index (χ2n) is 8.07. The quantitative estimate of drug-likeness (QED) is 0.513. The van der Waals surface area contributed by atoms with Gasteiger partial charge in [-0.25, -0.2) is 4.79 Å². The molecule has 2 unspecified atom stereocenters. The van der Waals surface area contributed by atoms with Crippen LogP contribution in [0.4, 0.5) is 36.8 Å². The highest BCUT2D eigenvalue weighted by Crippen LogP contribution is 2.42. The first-order valence-electron chi connectivity index (χ1n) is 9.23. The minimum Gasteiger partial charge on any atom is -0.444 e. The van der Waals surface area contributed by atoms with Crippen LogP contribution in [-0.2, 0) is 9.47 Å². The first kappa shape index (κ1) is 24.1. The molecule has 2 rings (SSSR count). The number of carbonyl (C=O) groups is 1. The Balaban J connectivity index is 2.44. The van der Waals surface area contributed by atoms with Crippen molar-refractivity contribution in [3.05, 3.63) is 29.8 Å². The molecule has 0 radical (unpaired) electrons. The number of anilines is 1. The minimum atomic E-state index is -5.69. The van der Waals surface area contributed by atoms with E-state index in [2.05, 4.69) is 4.74 Å². The molecule has 0 aliphatic carbocycles. The summed E-state index contributed by atoms with van der Waals surface area (Å²) in [7, 11) is 0. The molecule has 1 amide bonds. The number of hydrogen-bond donors (Lipinski definition) is 1. The maximum absolute atomic E-state index is 13.2. The predicted molar refractivity (Wildman–Crippen MR) is 96.5 cm³/mol. The van der Waals surface area contributed by atoms with Crippen LogP contribution in [0.2, 0.25) is 0 Å². The molecule has 0 bridgehead atoms. The zero-order chi connectivity index (χ0) is 22.9. The van der Waals surface area contributed by atoms with E-state index in [1.165, 1.54) is 24.3 Å². The topological polar surface area (TPSA) is 64.8 Å². The maximum atomic E-state index is 13.2. The third kappa shape index (κ3) is 6.16. The summed E-state index contributed by atoms with van der Waals surface area (Å²) in [4.78, 5) is 13.6. The van der Waals surface area contributed by atoms with Crippen LogP contribution in [0.5, 0.6) is 0 Å². The molecule has 30 heavy (non-hydrogen) atoms. The molecule has 2 atom stereocenters. The lowest BCUT2D eigenvalue weighted by molar-refractivity contribution is -0.334. The van der Waals surface area contributed by atoms with Gasteiger partial charge in [0.1, 0.15) is 11.7 Å². The molecule has 0 saturated carbocycles. The zero-order valence-corrected chi connectivity index (χ0v) is 16.7. The number of amides is 1. The van der Waals surface area contributed by atoms with Crippen molar-refractivity contribution in [3.63, 3.8) is 0 Å². The minimum absolute atomic E-state index is 0.00830. The van der Waals surface area contributed by atoms with Gasteiger partial charge in [-0.05, 0) is 51.3 Å². The Morgan fingerprint density at radius 2 is 1.73 bits per heavy atom. The van der Waals surface area contributed by atoms with Crippen molar-refractivity contribution in [3.8, 4) is 0 Å². The maximum Gasteiger partial charge on any atom is 0.423 e. The van der Waals surface area contributed by atoms with E-state index in [-0.39, 0.29) is 24.2 Å². The Bertz CT molecular complexity index is 731. The van der Waals surface area contributed by atoms with Gasteiger partial charge in [0.2, 0.25) is 6.10 Å². The number of carbonyl (C=O) groups excluding carboxylic acids is 1. The van der Waals surface area contributed by atoms with Gasteiger partial charge in [0.25, 0.3) is 0 Å². The van der Waals surface area contributed by atoms with Gasteiger partial charge in [0.15, 0.2) is 0 Å². The summed E-state index contributed by atoms with van der Waals surface area (Å²) < 4.78 is 88.9. The fourth-order valence-electron chi connectivity index (χ4n) is 3.27. The SMILES string of the molecule is CC(C)(C)OC(=O)N1CCCC1C(OC(C(F)(F)F)C(F)(F)F)c1cccc(N)c1. The molecular weight excluding hydrogens is 418 g/mol. The number of halogens is 6. The number of nitrogen functional groups attached to an aromatic ring is 1. The molecule has 0 aromatic heterocycles. The van der Waals surface area contributed by atoms with Crippen molar-refractivity contribution in [2.75, 3.05) is 12.3 Å². The Labute approximate surface area is 170 Å². The van der Waals surface area contributed by atoms with Crippen LogP contribution in [0.1, 0.15) is 45.3 Å². The van der Waals surface area contributed by atoms with Gasteiger partial charge < -0.3 is 20.1 Å². The second-order valence-corrected chi connectivity index (χ2v) is 8.07. The van der Waals surface area contributed by atoms with E-state index in [0.29, 0.717) is 6.42 Å². The van der Waals surface area contributed by atoms with Crippen LogP contribution in [-0.4, -0.2) is 47.6 Å². The number of ether oxygens (including phenoxy) is 2. The zero-order valence-electron chi connectivity index (χ0n) is 16.7. The lowest BCUT2D eigenvalue weighted by atomic mass is 9.99. The van der Waals surface area contributed by atoms with E-state index < -0.39 is 42.3 Å². The van der Waals surface area contributed by atoms with Crippen LogP contribution in [0.15, 0.2) is 24.3 Å². The molecule has 2 N–H and O–H groups in total. The number of hydrogen-bond acceptors (Lipinski definition) is 4. The number of nitrogens with zero attached hydrogens (tertiary/aromatic N) is 1. The average molecular weight is 442 g/mol. The first-order valence-corrected chi connectivity index (χ1v) is 9.23. The number of nitrogens with two attached hydrogens (primary N) is 1. The van der Waals surface area contributed by atoms with Crippen LogP contribution in [0.3, 0.4) is 0 Å². The molecular formula is C19H24F6N2O3. The molecule has 1 aliphatic rings. The van der Waals surface area contributed by atoms with Crippen LogP contribution in [0.25, 0.3) is 0 Å². The highest BCUT2D eigenvalue weighted by molar-refractivity contribution is 5.69. The van der Waals surface area contributed by atoms with Gasteiger partial charge in [-0.15, -0.1) is 0 Å². The van der Waals surface area contributed by atoms with Crippen molar-refractivity contribution >= 4 is 11.8 Å². The van der Waals surface area contributed by atoms with Crippen LogP contribution in [0, 0.1) is 0 Å². The first-order chi connectivity index (χ1) is 13.6. The molecule has 170 valence electrons. The smallest absolute Gasteiger partial charge is 0.423 e. The average Bonchev–Trinajstić information content (AvgIpc) is 3.00. The number of rotatable bonds is 4. The van der Waals surface area contributed by atoms with Gasteiger partial charge >= 0.3 is 18.4 Å². The predicted octanol–water partition coefficient (Wildman–Crippen LogP) is 5.22. The van der Waals surface area contributed by atoms with Crippen molar-refractivity contribution in [1.82, 2.24) is 4.90 Å². The summed E-state index contributed by atoms with van der Waals surface area (Å²) >= 11 is 0. The highest BCUT2D eigenvalue weighted by atomic mass is 19.4. The molecule has 5 nitrogen and oxygen atoms in total. The second kappa shape index (κ2) is 8.52. The fourth-order valence-corrected chi connectivity index (χ4v) is 3.27. The standard InChI is InChI=1S/C19H24F6N2O3/c1-17(2,3)30-16(28)27-9-5-8-13(27)14(11-6-4-7-12(26)10-11)29-15(18(20,21)22)19(23,24)25/h4,6-7,10,13-15H,5,8-9,26H2,1-3H3. The lowest BCUT2D eigenvalue weighted by Crippen LogP contribution is -2.49. The van der Waals surface area contributed by atoms with Gasteiger partial charge in [0.05, 0.1) is 6.04 Å². The summed E-state index contributed by atoms with van der Waals surface area (Å²) in [5.74, 6) is 0. The van der Waals surface area contributed by atoms with Gasteiger partial charge in [-0.1, -0.05) is 12.1 Å². The Kier molecular flexibility index (Phi) is 6.85. The van der Waals surface area contributed by atoms with Crippen molar-refractivity contribution in [2.45, 2.75) is 69.8 Å². The Morgan fingerprint density at radius 3 is 2.23 bits per heavy atom. The molecule has 1 saturated heterocycles. The van der Waals surface area contributed by atoms with Crippen LogP contribution >= 0.6 is 0 Å². The summed E-state index contributed by atoms with van der Waals surface area (Å²) in [6.45, 7) is 4.92. The summed E-state index contributed by atoms with van der Waals surface area (Å²) in [6, 6.07) is 4.29. The molecule has 1 aromatic carbocycles. The molecule has 1 heterocycles. The summed E-state index contributed by atoms with van der Waals surface area (Å²) in [6.07, 6.45) is -17.4. The van der Waals surface area contributed by atoms with E-state index in [1.807, 2.05) is 0 Å². The van der Waals surface area contributed by atoms with Gasteiger partial charge in [0, 0.05) is 12.2 Å². The number of benzene rings is 1. The van der Waals surface area contributed by atoms with Gasteiger partial charge in [-0.2, -0.15) is 26.3 Å². The molecule has 1 fully saturated rings. The van der Waals surface area contributed by atoms with E-state index >= 15 is 0 Å². The molecule has 1 aliphatic heterocycles. The van der Waals surface area contributed by atoms with Crippen molar-refractivity contribution in [1.29, 1.82) is 0 Å². The Hall–Kier alpha value is -2.17. The number of alkyl halides is 6. The van der Waals surface area contributed by atoms with E-state index in [0.717, 1.165) is 4.90 Å². The van der Waals surface area contributed by atoms with E-state index in [1.54, 1.807) is 20.8 Å². The molecule has 11 heteroatoms. The Morgan fingerprint density at radius 1 is 1.13 bits per heavy atom. The van der Waals surface area contributed by atoms with Crippen molar-refractivity contribution in [2.24, 2.45) is 0 Å². The van der Waals surface area contributed by atoms with Crippen LogP contribution < -0.4 is 5.73 Å². The third-order valence-corrected chi connectivity index (χ3v) is 4.39. The van der Waals surface area contributed by atoms with Crippen molar-refractivity contribution < 1.29 is 40.6 Å². The monoisotopic (exact) mass is 442 g/mol. The fraction of sp³-hybridized carbons (Fsp3) is 0.632. The third-order valence-electron chi connectivity index (χ3n) is 4.39. The highest BCUT2D eigenvalue weighted by Gasteiger charge is 2.59. The summed E-state index contributed by atoms with van der Waals surface area (Å²) in [5.41, 5.74) is 4.93. The molecule has 0 spiro atoms. The lowest BCUT2D eigenvalue weighted by Gasteiger charge is -2.36. The largest absolute Gasteiger partial charge is 0.444 e.